The molecule has 0 aromatic carbocycles. The Labute approximate surface area is 113 Å². The van der Waals surface area contributed by atoms with Gasteiger partial charge < -0.3 is 0 Å². The number of halogens is 1. The molecule has 0 N–H and O–H groups in total. The second kappa shape index (κ2) is 4.22. The van der Waals surface area contributed by atoms with Crippen LogP contribution in [0.25, 0.3) is 0 Å². The molecule has 1 nitrogen and oxygen atoms in total. The zero-order valence-electron chi connectivity index (χ0n) is 11.2. The second-order valence-corrected chi connectivity index (χ2v) is 7.60. The van der Waals surface area contributed by atoms with E-state index in [2.05, 4.69) is 43.3 Å². The van der Waals surface area contributed by atoms with Gasteiger partial charge in [-0.2, -0.15) is 0 Å². The average Bonchev–Trinajstić information content (AvgIpc) is 2.27. The van der Waals surface area contributed by atoms with E-state index >= 15 is 0 Å². The first-order valence-corrected chi connectivity index (χ1v) is 7.58. The predicted octanol–water partition coefficient (Wildman–Crippen LogP) is 4.50. The van der Waals surface area contributed by atoms with Crippen molar-refractivity contribution in [3.63, 3.8) is 0 Å². The van der Waals surface area contributed by atoms with Crippen LogP contribution in [0.2, 0.25) is 0 Å². The number of alkyl halides is 1. The number of hydrogen-bond acceptors (Lipinski definition) is 1. The molecule has 96 valence electrons. The maximum absolute atomic E-state index is 12.2. The fourth-order valence-electron chi connectivity index (χ4n) is 3.69. The van der Waals surface area contributed by atoms with Gasteiger partial charge in [0.2, 0.25) is 0 Å². The summed E-state index contributed by atoms with van der Waals surface area (Å²) < 4.78 is 0. The zero-order valence-corrected chi connectivity index (χ0v) is 12.8. The van der Waals surface area contributed by atoms with Gasteiger partial charge in [0.25, 0.3) is 0 Å². The molecule has 17 heavy (non-hydrogen) atoms. The molecule has 0 bridgehead atoms. The highest BCUT2D eigenvalue weighted by Crippen LogP contribution is 2.61. The highest BCUT2D eigenvalue weighted by Gasteiger charge is 2.55. The quantitative estimate of drug-likeness (QED) is 0.475. The Bertz CT molecular complexity index is 358. The van der Waals surface area contributed by atoms with Crippen LogP contribution in [-0.2, 0) is 4.79 Å². The molecule has 0 aromatic rings. The van der Waals surface area contributed by atoms with Gasteiger partial charge >= 0.3 is 0 Å². The summed E-state index contributed by atoms with van der Waals surface area (Å²) in [5, 5.41) is 0. The third kappa shape index (κ3) is 1.83. The molecule has 1 spiro atoms. The van der Waals surface area contributed by atoms with Crippen molar-refractivity contribution >= 4 is 21.7 Å². The van der Waals surface area contributed by atoms with Crippen molar-refractivity contribution in [2.24, 2.45) is 16.7 Å². The lowest BCUT2D eigenvalue weighted by Gasteiger charge is -2.56. The summed E-state index contributed by atoms with van der Waals surface area (Å²) in [4.78, 5) is 12.7. The van der Waals surface area contributed by atoms with Crippen LogP contribution in [0.3, 0.4) is 0 Å². The average molecular weight is 299 g/mol. The molecule has 0 saturated heterocycles. The molecule has 2 aliphatic carbocycles. The Morgan fingerprint density at radius 1 is 1.35 bits per heavy atom. The van der Waals surface area contributed by atoms with Gasteiger partial charge in [0, 0.05) is 22.6 Å². The Balaban J connectivity index is 2.38. The van der Waals surface area contributed by atoms with E-state index in [4.69, 9.17) is 0 Å². The van der Waals surface area contributed by atoms with Crippen LogP contribution >= 0.6 is 15.9 Å². The van der Waals surface area contributed by atoms with Crippen molar-refractivity contribution in [3.05, 3.63) is 12.2 Å². The summed E-state index contributed by atoms with van der Waals surface area (Å²) in [6.07, 6.45) is 5.09. The van der Waals surface area contributed by atoms with Gasteiger partial charge in [0.05, 0.1) is 0 Å². The van der Waals surface area contributed by atoms with Crippen LogP contribution in [0.1, 0.15) is 52.9 Å². The minimum atomic E-state index is 0.0447. The Morgan fingerprint density at radius 3 is 2.59 bits per heavy atom. The first-order valence-electron chi connectivity index (χ1n) is 6.66. The third-order valence-corrected chi connectivity index (χ3v) is 7.03. The maximum Gasteiger partial charge on any atom is 0.136 e. The van der Waals surface area contributed by atoms with Gasteiger partial charge in [-0.1, -0.05) is 48.9 Å². The molecular formula is C15H23BrO. The van der Waals surface area contributed by atoms with Crippen LogP contribution in [0, 0.1) is 16.7 Å². The minimum absolute atomic E-state index is 0.0447. The number of carbonyl (C=O) groups is 1. The van der Waals surface area contributed by atoms with Crippen LogP contribution in [-0.4, -0.2) is 10.6 Å². The molecule has 2 rings (SSSR count). The van der Waals surface area contributed by atoms with Crippen LogP contribution < -0.4 is 0 Å². The zero-order chi connectivity index (χ0) is 12.8. The van der Waals surface area contributed by atoms with Crippen molar-refractivity contribution in [3.8, 4) is 0 Å². The van der Waals surface area contributed by atoms with E-state index in [-0.39, 0.29) is 16.7 Å². The largest absolute Gasteiger partial charge is 0.299 e. The van der Waals surface area contributed by atoms with Crippen molar-refractivity contribution in [1.82, 2.24) is 0 Å². The lowest BCUT2D eigenvalue weighted by atomic mass is 9.49. The summed E-state index contributed by atoms with van der Waals surface area (Å²) in [6.45, 7) is 11.0. The van der Waals surface area contributed by atoms with E-state index in [1.807, 2.05) is 0 Å². The van der Waals surface area contributed by atoms with E-state index in [1.165, 1.54) is 5.57 Å². The Morgan fingerprint density at radius 2 is 2.00 bits per heavy atom. The van der Waals surface area contributed by atoms with Gasteiger partial charge in [-0.25, -0.2) is 0 Å². The lowest BCUT2D eigenvalue weighted by molar-refractivity contribution is -0.130. The van der Waals surface area contributed by atoms with Crippen molar-refractivity contribution < 1.29 is 4.79 Å². The van der Waals surface area contributed by atoms with Crippen molar-refractivity contribution in [2.75, 3.05) is 0 Å². The highest BCUT2D eigenvalue weighted by atomic mass is 79.9. The normalized spacial score (nSPS) is 41.9. The Hall–Kier alpha value is -0.110. The predicted molar refractivity (Wildman–Crippen MR) is 75.3 cm³/mol. The molecule has 0 aromatic heterocycles. The minimum Gasteiger partial charge on any atom is -0.299 e. The number of rotatable bonds is 0. The number of ketones is 1. The molecule has 3 atom stereocenters. The second-order valence-electron chi connectivity index (χ2n) is 6.50. The van der Waals surface area contributed by atoms with E-state index in [0.29, 0.717) is 17.0 Å². The van der Waals surface area contributed by atoms with Crippen molar-refractivity contribution in [1.29, 1.82) is 0 Å². The molecule has 2 aliphatic rings. The van der Waals surface area contributed by atoms with Crippen LogP contribution in [0.15, 0.2) is 12.2 Å². The number of allylic oxidation sites excluding steroid dienone is 1. The van der Waals surface area contributed by atoms with E-state index in [9.17, 15) is 4.79 Å². The van der Waals surface area contributed by atoms with Gasteiger partial charge in [0.1, 0.15) is 5.78 Å². The first-order chi connectivity index (χ1) is 7.81. The lowest BCUT2D eigenvalue weighted by Crippen LogP contribution is -2.51. The van der Waals surface area contributed by atoms with E-state index < -0.39 is 0 Å². The molecule has 2 heteroatoms. The molecule has 0 heterocycles. The fourth-order valence-corrected chi connectivity index (χ4v) is 4.36. The molecular weight excluding hydrogens is 276 g/mol. The fraction of sp³-hybridized carbons (Fsp3) is 0.800. The maximum atomic E-state index is 12.2. The molecule has 3 unspecified atom stereocenters. The number of hydrogen-bond donors (Lipinski definition) is 0. The SMILES string of the molecule is C=C1CCC(Br)C(C)(C)C12CCC(C)C(=O)C2. The van der Waals surface area contributed by atoms with Crippen molar-refractivity contribution in [2.45, 2.75) is 57.7 Å². The van der Waals surface area contributed by atoms with Gasteiger partial charge in [-0.3, -0.25) is 4.79 Å². The van der Waals surface area contributed by atoms with Gasteiger partial charge in [0.15, 0.2) is 0 Å². The summed E-state index contributed by atoms with van der Waals surface area (Å²) in [5.41, 5.74) is 1.50. The topological polar surface area (TPSA) is 17.1 Å². The smallest absolute Gasteiger partial charge is 0.136 e. The number of Topliss-reactive ketones (excluding diaryl/α,β-unsaturated/α-hetero) is 1. The van der Waals surface area contributed by atoms with Crippen LogP contribution in [0.4, 0.5) is 0 Å². The molecule has 2 saturated carbocycles. The van der Waals surface area contributed by atoms with Gasteiger partial charge in [-0.15, -0.1) is 0 Å². The summed E-state index contributed by atoms with van der Waals surface area (Å²) >= 11 is 3.83. The highest BCUT2D eigenvalue weighted by molar-refractivity contribution is 9.09. The standard InChI is InChI=1S/C15H23BrO/c1-10-7-8-15(9-12(10)17)11(2)5-6-13(16)14(15,3)4/h10,13H,2,5-9H2,1,3-4H3. The first kappa shape index (κ1) is 13.3. The molecule has 0 aliphatic heterocycles. The summed E-state index contributed by atoms with van der Waals surface area (Å²) in [7, 11) is 0. The molecule has 0 radical (unpaired) electrons. The van der Waals surface area contributed by atoms with Gasteiger partial charge in [-0.05, 0) is 31.1 Å². The van der Waals surface area contributed by atoms with E-state index in [1.54, 1.807) is 0 Å². The van der Waals surface area contributed by atoms with Crippen LogP contribution in [0.5, 0.6) is 0 Å². The summed E-state index contributed by atoms with van der Waals surface area (Å²) in [5.74, 6) is 0.687. The third-order valence-electron chi connectivity index (χ3n) is 5.42. The molecule has 2 fully saturated rings. The number of carbonyl (C=O) groups excluding carboxylic acids is 1. The summed E-state index contributed by atoms with van der Waals surface area (Å²) in [6, 6.07) is 0. The Kier molecular flexibility index (Phi) is 3.31. The monoisotopic (exact) mass is 298 g/mol. The van der Waals surface area contributed by atoms with E-state index in [0.717, 1.165) is 25.7 Å². The molecule has 0 amide bonds.